The summed E-state index contributed by atoms with van der Waals surface area (Å²) in [7, 11) is 0. The normalized spacial score (nSPS) is 11.3. The van der Waals surface area contributed by atoms with Crippen molar-refractivity contribution in [1.29, 1.82) is 0 Å². The number of pyridine rings is 1. The molecule has 2 N–H and O–H groups in total. The molecule has 1 aromatic rings. The summed E-state index contributed by atoms with van der Waals surface area (Å²) in [5.41, 5.74) is -0.986. The zero-order chi connectivity index (χ0) is 12.9. The van der Waals surface area contributed by atoms with Crippen LogP contribution in [0.15, 0.2) is 18.3 Å². The van der Waals surface area contributed by atoms with E-state index in [9.17, 15) is 18.0 Å². The lowest BCUT2D eigenvalue weighted by atomic mass is 10.2. The molecule has 0 unspecified atom stereocenters. The van der Waals surface area contributed by atoms with Gasteiger partial charge in [-0.2, -0.15) is 13.2 Å². The Morgan fingerprint density at radius 3 is 2.59 bits per heavy atom. The van der Waals surface area contributed by atoms with Gasteiger partial charge >= 0.3 is 6.18 Å². The molecule has 0 bridgehead atoms. The maximum atomic E-state index is 12.2. The van der Waals surface area contributed by atoms with Gasteiger partial charge in [-0.15, -0.1) is 0 Å². The highest BCUT2D eigenvalue weighted by Crippen LogP contribution is 2.27. The van der Waals surface area contributed by atoms with Crippen LogP contribution in [-0.4, -0.2) is 29.1 Å². The van der Waals surface area contributed by atoms with E-state index < -0.39 is 17.8 Å². The van der Waals surface area contributed by atoms with E-state index in [2.05, 4.69) is 10.3 Å². The molecule has 0 spiro atoms. The van der Waals surface area contributed by atoms with Crippen LogP contribution in [0.4, 0.5) is 13.2 Å². The van der Waals surface area contributed by atoms with Gasteiger partial charge in [0.15, 0.2) is 0 Å². The first-order valence-corrected chi connectivity index (χ1v) is 4.87. The van der Waals surface area contributed by atoms with Crippen LogP contribution in [0.3, 0.4) is 0 Å². The van der Waals surface area contributed by atoms with Crippen molar-refractivity contribution in [2.75, 3.05) is 13.2 Å². The number of nitrogens with one attached hydrogen (secondary N) is 1. The quantitative estimate of drug-likeness (QED) is 0.787. The van der Waals surface area contributed by atoms with E-state index in [0.717, 1.165) is 18.3 Å². The second-order valence-electron chi connectivity index (χ2n) is 3.26. The van der Waals surface area contributed by atoms with Crippen LogP contribution in [0.25, 0.3) is 0 Å². The Balaban J connectivity index is 2.64. The molecule has 94 valence electrons. The molecule has 1 aromatic heterocycles. The molecule has 17 heavy (non-hydrogen) atoms. The van der Waals surface area contributed by atoms with Gasteiger partial charge in [0.05, 0.1) is 5.56 Å². The van der Waals surface area contributed by atoms with Gasteiger partial charge in [-0.1, -0.05) is 0 Å². The SMILES string of the molecule is O=C(NCCCO)c1ccc(C(F)(F)F)nc1. The molecular weight excluding hydrogens is 237 g/mol. The van der Waals surface area contributed by atoms with Crippen molar-refractivity contribution >= 4 is 5.91 Å². The highest BCUT2D eigenvalue weighted by atomic mass is 19.4. The van der Waals surface area contributed by atoms with E-state index in [-0.39, 0.29) is 18.7 Å². The molecule has 0 fully saturated rings. The number of carbonyl (C=O) groups excluding carboxylic acids is 1. The Hall–Kier alpha value is -1.63. The Morgan fingerprint density at radius 1 is 1.41 bits per heavy atom. The van der Waals surface area contributed by atoms with E-state index in [4.69, 9.17) is 5.11 Å². The first-order chi connectivity index (χ1) is 7.95. The Kier molecular flexibility index (Phi) is 4.45. The molecule has 0 saturated carbocycles. The number of alkyl halides is 3. The van der Waals surface area contributed by atoms with E-state index in [0.29, 0.717) is 6.42 Å². The van der Waals surface area contributed by atoms with Crippen molar-refractivity contribution in [2.45, 2.75) is 12.6 Å². The summed E-state index contributed by atoms with van der Waals surface area (Å²) >= 11 is 0. The minimum atomic E-state index is -4.51. The highest BCUT2D eigenvalue weighted by Gasteiger charge is 2.32. The van der Waals surface area contributed by atoms with Gasteiger partial charge in [0.2, 0.25) is 0 Å². The average Bonchev–Trinajstić information content (AvgIpc) is 2.28. The standard InChI is InChI=1S/C10H11F3N2O2/c11-10(12,13)8-3-2-7(6-15-8)9(17)14-4-1-5-16/h2-3,6,16H,1,4-5H2,(H,14,17). The summed E-state index contributed by atoms with van der Waals surface area (Å²) in [6.07, 6.45) is -3.25. The van der Waals surface area contributed by atoms with Gasteiger partial charge < -0.3 is 10.4 Å². The van der Waals surface area contributed by atoms with Crippen LogP contribution >= 0.6 is 0 Å². The Labute approximate surface area is 95.5 Å². The number of carbonyl (C=O) groups is 1. The summed E-state index contributed by atoms with van der Waals surface area (Å²) in [5.74, 6) is -0.514. The number of aliphatic hydroxyl groups excluding tert-OH is 1. The monoisotopic (exact) mass is 248 g/mol. The largest absolute Gasteiger partial charge is 0.433 e. The fourth-order valence-corrected chi connectivity index (χ4v) is 1.08. The van der Waals surface area contributed by atoms with Crippen LogP contribution in [0.5, 0.6) is 0 Å². The number of hydrogen-bond donors (Lipinski definition) is 2. The third-order valence-electron chi connectivity index (χ3n) is 1.94. The van der Waals surface area contributed by atoms with E-state index >= 15 is 0 Å². The summed E-state index contributed by atoms with van der Waals surface area (Å²) < 4.78 is 36.5. The molecule has 0 saturated heterocycles. The van der Waals surface area contributed by atoms with Gasteiger partial charge in [-0.05, 0) is 18.6 Å². The fraction of sp³-hybridized carbons (Fsp3) is 0.400. The third-order valence-corrected chi connectivity index (χ3v) is 1.94. The molecule has 0 aromatic carbocycles. The number of halogens is 3. The number of amides is 1. The molecule has 4 nitrogen and oxygen atoms in total. The number of hydrogen-bond acceptors (Lipinski definition) is 3. The first-order valence-electron chi connectivity index (χ1n) is 4.87. The third kappa shape index (κ3) is 4.03. The Morgan fingerprint density at radius 2 is 2.12 bits per heavy atom. The number of aromatic nitrogens is 1. The predicted molar refractivity (Wildman–Crippen MR) is 53.3 cm³/mol. The molecule has 0 aliphatic rings. The zero-order valence-corrected chi connectivity index (χ0v) is 8.79. The van der Waals surface area contributed by atoms with Crippen molar-refractivity contribution in [2.24, 2.45) is 0 Å². The second kappa shape index (κ2) is 5.62. The molecule has 0 radical (unpaired) electrons. The first kappa shape index (κ1) is 13.4. The summed E-state index contributed by atoms with van der Waals surface area (Å²) in [4.78, 5) is 14.5. The number of nitrogens with zero attached hydrogens (tertiary/aromatic N) is 1. The molecular formula is C10H11F3N2O2. The van der Waals surface area contributed by atoms with Crippen LogP contribution < -0.4 is 5.32 Å². The number of rotatable bonds is 4. The summed E-state index contributed by atoms with van der Waals surface area (Å²) in [6, 6.07) is 1.81. The molecule has 1 rings (SSSR count). The van der Waals surface area contributed by atoms with Crippen LogP contribution in [0, 0.1) is 0 Å². The minimum Gasteiger partial charge on any atom is -0.396 e. The van der Waals surface area contributed by atoms with Crippen LogP contribution in [-0.2, 0) is 6.18 Å². The van der Waals surface area contributed by atoms with Gasteiger partial charge in [0.1, 0.15) is 5.69 Å². The van der Waals surface area contributed by atoms with Crippen LogP contribution in [0.2, 0.25) is 0 Å². The lowest BCUT2D eigenvalue weighted by Crippen LogP contribution is -2.25. The molecule has 0 atom stereocenters. The van der Waals surface area contributed by atoms with Crippen molar-refractivity contribution in [3.05, 3.63) is 29.6 Å². The van der Waals surface area contributed by atoms with E-state index in [1.165, 1.54) is 0 Å². The van der Waals surface area contributed by atoms with E-state index in [1.54, 1.807) is 0 Å². The van der Waals surface area contributed by atoms with Crippen molar-refractivity contribution in [1.82, 2.24) is 10.3 Å². The van der Waals surface area contributed by atoms with Crippen molar-refractivity contribution < 1.29 is 23.1 Å². The number of aliphatic hydroxyl groups is 1. The second-order valence-corrected chi connectivity index (χ2v) is 3.26. The topological polar surface area (TPSA) is 62.2 Å². The molecule has 1 amide bonds. The lowest BCUT2D eigenvalue weighted by molar-refractivity contribution is -0.141. The fourth-order valence-electron chi connectivity index (χ4n) is 1.08. The maximum absolute atomic E-state index is 12.2. The average molecular weight is 248 g/mol. The van der Waals surface area contributed by atoms with Gasteiger partial charge in [0, 0.05) is 19.3 Å². The van der Waals surface area contributed by atoms with E-state index in [1.807, 2.05) is 0 Å². The Bertz CT molecular complexity index is 376. The minimum absolute atomic E-state index is 0.0518. The summed E-state index contributed by atoms with van der Waals surface area (Å²) in [5, 5.41) is 10.9. The molecule has 7 heteroatoms. The molecule has 1 heterocycles. The summed E-state index contributed by atoms with van der Waals surface area (Å²) in [6.45, 7) is 0.196. The van der Waals surface area contributed by atoms with Crippen molar-refractivity contribution in [3.8, 4) is 0 Å². The van der Waals surface area contributed by atoms with Crippen molar-refractivity contribution in [3.63, 3.8) is 0 Å². The smallest absolute Gasteiger partial charge is 0.396 e. The zero-order valence-electron chi connectivity index (χ0n) is 8.79. The van der Waals surface area contributed by atoms with Gasteiger partial charge in [-0.3, -0.25) is 9.78 Å². The molecule has 0 aliphatic carbocycles. The lowest BCUT2D eigenvalue weighted by Gasteiger charge is -2.07. The highest BCUT2D eigenvalue weighted by molar-refractivity contribution is 5.93. The van der Waals surface area contributed by atoms with Crippen LogP contribution in [0.1, 0.15) is 22.5 Å². The molecule has 0 aliphatic heterocycles. The maximum Gasteiger partial charge on any atom is 0.433 e. The van der Waals surface area contributed by atoms with Gasteiger partial charge in [-0.25, -0.2) is 0 Å². The van der Waals surface area contributed by atoms with Gasteiger partial charge in [0.25, 0.3) is 5.91 Å². The predicted octanol–water partition coefficient (Wildman–Crippen LogP) is 1.21.